The van der Waals surface area contributed by atoms with E-state index in [2.05, 4.69) is 15.6 Å². The first kappa shape index (κ1) is 11.7. The molecule has 0 spiro atoms. The molecule has 2 saturated carbocycles. The van der Waals surface area contributed by atoms with Crippen LogP contribution in [0.1, 0.15) is 31.2 Å². The van der Waals surface area contributed by atoms with Gasteiger partial charge in [-0.25, -0.2) is 4.98 Å². The van der Waals surface area contributed by atoms with Gasteiger partial charge in [0.2, 0.25) is 0 Å². The molecule has 0 amide bonds. The van der Waals surface area contributed by atoms with Gasteiger partial charge in [-0.15, -0.1) is 0 Å². The third kappa shape index (κ3) is 1.66. The quantitative estimate of drug-likeness (QED) is 0.838. The van der Waals surface area contributed by atoms with Crippen LogP contribution in [0.4, 0.5) is 0 Å². The van der Waals surface area contributed by atoms with Gasteiger partial charge in [0.05, 0.1) is 29.0 Å². The molecule has 0 saturated heterocycles. The molecule has 4 heteroatoms. The molecule has 1 aromatic heterocycles. The van der Waals surface area contributed by atoms with Crippen molar-refractivity contribution in [1.29, 1.82) is 5.26 Å². The monoisotopic (exact) mass is 265 g/mol. The van der Waals surface area contributed by atoms with Crippen LogP contribution in [-0.4, -0.2) is 15.3 Å². The molecule has 4 rings (SSSR count). The predicted molar refractivity (Wildman–Crippen MR) is 73.8 cm³/mol. The van der Waals surface area contributed by atoms with Crippen LogP contribution < -0.4 is 0 Å². The van der Waals surface area contributed by atoms with Crippen LogP contribution >= 0.6 is 0 Å². The Bertz CT molecular complexity index is 755. The van der Waals surface area contributed by atoms with E-state index in [1.54, 1.807) is 6.07 Å². The average Bonchev–Trinajstić information content (AvgIpc) is 3.02. The van der Waals surface area contributed by atoms with Crippen molar-refractivity contribution in [1.82, 2.24) is 9.55 Å². The van der Waals surface area contributed by atoms with Crippen LogP contribution in [0.25, 0.3) is 11.0 Å². The van der Waals surface area contributed by atoms with Gasteiger partial charge in [0.1, 0.15) is 5.78 Å². The maximum absolute atomic E-state index is 11.7. The second kappa shape index (κ2) is 3.92. The van der Waals surface area contributed by atoms with E-state index in [0.717, 1.165) is 43.3 Å². The van der Waals surface area contributed by atoms with Crippen molar-refractivity contribution in [3.63, 3.8) is 0 Å². The van der Waals surface area contributed by atoms with Crippen LogP contribution in [0.15, 0.2) is 24.5 Å². The fourth-order valence-corrected chi connectivity index (χ4v) is 3.71. The largest absolute Gasteiger partial charge is 0.330 e. The smallest absolute Gasteiger partial charge is 0.133 e. The molecule has 2 aliphatic rings. The zero-order valence-corrected chi connectivity index (χ0v) is 11.2. The number of hydrogen-bond acceptors (Lipinski definition) is 3. The van der Waals surface area contributed by atoms with Crippen molar-refractivity contribution >= 4 is 16.8 Å². The highest BCUT2D eigenvalue weighted by molar-refractivity contribution is 5.81. The van der Waals surface area contributed by atoms with E-state index in [0.29, 0.717) is 17.3 Å². The van der Waals surface area contributed by atoms with Gasteiger partial charge in [0.15, 0.2) is 0 Å². The van der Waals surface area contributed by atoms with E-state index in [9.17, 15) is 4.79 Å². The minimum Gasteiger partial charge on any atom is -0.330 e. The minimum absolute atomic E-state index is 0.172. The molecule has 1 aromatic carbocycles. The minimum atomic E-state index is 0.172. The molecule has 2 atom stereocenters. The van der Waals surface area contributed by atoms with Crippen LogP contribution in [0.2, 0.25) is 0 Å². The molecule has 4 nitrogen and oxygen atoms in total. The number of Topliss-reactive ketones (excluding diaryl/α,β-unsaturated/α-hetero) is 1. The summed E-state index contributed by atoms with van der Waals surface area (Å²) < 4.78 is 2.12. The molecule has 2 aliphatic carbocycles. The molecule has 0 aliphatic heterocycles. The lowest BCUT2D eigenvalue weighted by molar-refractivity contribution is -0.121. The first-order valence-electron chi connectivity index (χ1n) is 7.07. The highest BCUT2D eigenvalue weighted by Gasteiger charge is 2.56. The predicted octanol–water partition coefficient (Wildman–Crippen LogP) is 2.67. The summed E-state index contributed by atoms with van der Waals surface area (Å²) in [5, 5.41) is 9.02. The molecule has 2 unspecified atom stereocenters. The fourth-order valence-electron chi connectivity index (χ4n) is 3.71. The number of carbonyl (C=O) groups is 1. The van der Waals surface area contributed by atoms with Crippen molar-refractivity contribution in [2.45, 2.75) is 32.2 Å². The molecular formula is C16H15N3O. The number of imidazole rings is 1. The number of hydrogen-bond donors (Lipinski definition) is 0. The van der Waals surface area contributed by atoms with E-state index < -0.39 is 0 Å². The van der Waals surface area contributed by atoms with Gasteiger partial charge >= 0.3 is 0 Å². The van der Waals surface area contributed by atoms with Crippen molar-refractivity contribution in [2.75, 3.05) is 0 Å². The van der Waals surface area contributed by atoms with E-state index in [1.807, 2.05) is 18.5 Å². The number of aromatic nitrogens is 2. The second-order valence-electron chi connectivity index (χ2n) is 6.21. The Labute approximate surface area is 117 Å². The van der Waals surface area contributed by atoms with Crippen molar-refractivity contribution in [2.24, 2.45) is 11.3 Å². The Morgan fingerprint density at radius 2 is 2.40 bits per heavy atom. The summed E-state index contributed by atoms with van der Waals surface area (Å²) in [5.74, 6) is 1.11. The number of carbonyl (C=O) groups excluding carboxylic acids is 1. The van der Waals surface area contributed by atoms with Gasteiger partial charge in [-0.1, -0.05) is 0 Å². The van der Waals surface area contributed by atoms with Crippen LogP contribution in [-0.2, 0) is 11.3 Å². The third-order valence-electron chi connectivity index (χ3n) is 4.92. The number of ketones is 1. The first-order chi connectivity index (χ1) is 9.70. The lowest BCUT2D eigenvalue weighted by atomic mass is 9.87. The Morgan fingerprint density at radius 1 is 1.50 bits per heavy atom. The van der Waals surface area contributed by atoms with E-state index in [-0.39, 0.29) is 5.41 Å². The molecule has 0 bridgehead atoms. The third-order valence-corrected chi connectivity index (χ3v) is 4.92. The summed E-state index contributed by atoms with van der Waals surface area (Å²) in [7, 11) is 0. The SMILES string of the molecule is N#Cc1ccc2ncn(CC34CC(=O)CCC3C4)c2c1. The van der Waals surface area contributed by atoms with Gasteiger partial charge < -0.3 is 4.57 Å². The molecule has 0 radical (unpaired) electrons. The number of fused-ring (bicyclic) bond motifs is 2. The summed E-state index contributed by atoms with van der Waals surface area (Å²) in [6.07, 6.45) is 5.53. The summed E-state index contributed by atoms with van der Waals surface area (Å²) >= 11 is 0. The lowest BCUT2D eigenvalue weighted by Gasteiger charge is -2.21. The highest BCUT2D eigenvalue weighted by Crippen LogP contribution is 2.61. The van der Waals surface area contributed by atoms with Gasteiger partial charge in [0.25, 0.3) is 0 Å². The summed E-state index contributed by atoms with van der Waals surface area (Å²) in [6, 6.07) is 7.74. The Kier molecular flexibility index (Phi) is 2.29. The Hall–Kier alpha value is -2.15. The fraction of sp³-hybridized carbons (Fsp3) is 0.438. The van der Waals surface area contributed by atoms with Gasteiger partial charge in [0, 0.05) is 19.4 Å². The molecular weight excluding hydrogens is 250 g/mol. The van der Waals surface area contributed by atoms with E-state index in [1.165, 1.54) is 0 Å². The number of benzene rings is 1. The topological polar surface area (TPSA) is 58.7 Å². The normalized spacial score (nSPS) is 28.1. The van der Waals surface area contributed by atoms with Crippen LogP contribution in [0, 0.1) is 22.7 Å². The van der Waals surface area contributed by atoms with E-state index >= 15 is 0 Å². The van der Waals surface area contributed by atoms with Crippen LogP contribution in [0.5, 0.6) is 0 Å². The first-order valence-corrected chi connectivity index (χ1v) is 7.07. The molecule has 1 heterocycles. The standard InChI is InChI=1S/C16H15N3O/c17-8-11-1-4-14-15(5-11)19(10-18-14)9-16-6-12(16)2-3-13(20)7-16/h1,4-5,10,12H,2-3,6-7,9H2. The zero-order chi connectivity index (χ0) is 13.7. The van der Waals surface area contributed by atoms with Crippen LogP contribution in [0.3, 0.4) is 0 Å². The second-order valence-corrected chi connectivity index (χ2v) is 6.21. The van der Waals surface area contributed by atoms with Gasteiger partial charge in [-0.2, -0.15) is 5.26 Å². The van der Waals surface area contributed by atoms with Crippen molar-refractivity contribution < 1.29 is 4.79 Å². The zero-order valence-electron chi connectivity index (χ0n) is 11.2. The average molecular weight is 265 g/mol. The van der Waals surface area contributed by atoms with Crippen molar-refractivity contribution in [3.05, 3.63) is 30.1 Å². The summed E-state index contributed by atoms with van der Waals surface area (Å²) in [6.45, 7) is 0.856. The molecule has 2 aromatic rings. The van der Waals surface area contributed by atoms with Crippen molar-refractivity contribution in [3.8, 4) is 6.07 Å². The summed E-state index contributed by atoms with van der Waals surface area (Å²) in [4.78, 5) is 16.1. The lowest BCUT2D eigenvalue weighted by Crippen LogP contribution is -2.22. The van der Waals surface area contributed by atoms with Gasteiger partial charge in [-0.3, -0.25) is 4.79 Å². The molecule has 2 fully saturated rings. The maximum atomic E-state index is 11.7. The summed E-state index contributed by atoms with van der Waals surface area (Å²) in [5.41, 5.74) is 2.75. The Balaban J connectivity index is 1.70. The number of nitrogens with zero attached hydrogens (tertiary/aromatic N) is 3. The van der Waals surface area contributed by atoms with Gasteiger partial charge in [-0.05, 0) is 42.4 Å². The maximum Gasteiger partial charge on any atom is 0.133 e. The highest BCUT2D eigenvalue weighted by atomic mass is 16.1. The molecule has 20 heavy (non-hydrogen) atoms. The molecule has 0 N–H and O–H groups in total. The van der Waals surface area contributed by atoms with E-state index in [4.69, 9.17) is 5.26 Å². The Morgan fingerprint density at radius 3 is 3.25 bits per heavy atom. The number of nitriles is 1. The molecule has 100 valence electrons. The number of rotatable bonds is 2.